The van der Waals surface area contributed by atoms with Crippen molar-refractivity contribution >= 4 is 0 Å². The Balaban J connectivity index is 2.02. The third kappa shape index (κ3) is 2.59. The molecule has 1 aromatic heterocycles. The average Bonchev–Trinajstić information content (AvgIpc) is 3.03. The smallest absolute Gasteiger partial charge is 0.120 e. The van der Waals surface area contributed by atoms with Gasteiger partial charge in [0.25, 0.3) is 0 Å². The Morgan fingerprint density at radius 2 is 1.65 bits per heavy atom. The van der Waals surface area contributed by atoms with Crippen molar-refractivity contribution < 1.29 is 4.74 Å². The molecule has 0 bridgehead atoms. The highest BCUT2D eigenvalue weighted by Crippen LogP contribution is 2.24. The van der Waals surface area contributed by atoms with Gasteiger partial charge in [0.1, 0.15) is 5.75 Å². The first-order valence-corrected chi connectivity index (χ1v) is 6.71. The zero-order valence-electron chi connectivity index (χ0n) is 11.5. The van der Waals surface area contributed by atoms with Crippen LogP contribution in [0.25, 0.3) is 5.69 Å². The van der Waals surface area contributed by atoms with Crippen LogP contribution in [0.2, 0.25) is 0 Å². The van der Waals surface area contributed by atoms with Crippen molar-refractivity contribution in [3.05, 3.63) is 84.2 Å². The highest BCUT2D eigenvalue weighted by molar-refractivity contribution is 5.48. The van der Waals surface area contributed by atoms with Crippen LogP contribution in [0.15, 0.2) is 73.1 Å². The number of benzene rings is 2. The van der Waals surface area contributed by atoms with Crippen molar-refractivity contribution in [2.75, 3.05) is 7.11 Å². The standard InChI is InChI=1S/C18H17NO/c1-20-17-10-9-16(13-15-7-3-2-4-8-15)18(14-17)19-11-5-6-12-19/h2-12,14H,13H2,1H3. The minimum absolute atomic E-state index is 0.880. The molecule has 0 amide bonds. The highest BCUT2D eigenvalue weighted by atomic mass is 16.5. The zero-order valence-corrected chi connectivity index (χ0v) is 11.5. The zero-order chi connectivity index (χ0) is 13.8. The largest absolute Gasteiger partial charge is 0.497 e. The Bertz CT molecular complexity index is 672. The molecule has 2 nitrogen and oxygen atoms in total. The quantitative estimate of drug-likeness (QED) is 0.692. The summed E-state index contributed by atoms with van der Waals surface area (Å²) in [6.45, 7) is 0. The predicted molar refractivity (Wildman–Crippen MR) is 81.6 cm³/mol. The summed E-state index contributed by atoms with van der Waals surface area (Å²) in [6, 6.07) is 20.8. The number of hydrogen-bond acceptors (Lipinski definition) is 1. The van der Waals surface area contributed by atoms with Gasteiger partial charge in [-0.2, -0.15) is 0 Å². The van der Waals surface area contributed by atoms with E-state index in [-0.39, 0.29) is 0 Å². The molecular formula is C18H17NO. The van der Waals surface area contributed by atoms with E-state index in [0.717, 1.165) is 12.2 Å². The molecule has 0 saturated carbocycles. The van der Waals surface area contributed by atoms with E-state index in [9.17, 15) is 0 Å². The molecule has 100 valence electrons. The topological polar surface area (TPSA) is 14.2 Å². The van der Waals surface area contributed by atoms with Crippen molar-refractivity contribution in [3.63, 3.8) is 0 Å². The van der Waals surface area contributed by atoms with E-state index in [1.54, 1.807) is 7.11 Å². The van der Waals surface area contributed by atoms with Crippen LogP contribution in [0.1, 0.15) is 11.1 Å². The molecule has 0 atom stereocenters. The van der Waals surface area contributed by atoms with E-state index in [2.05, 4.69) is 53.4 Å². The van der Waals surface area contributed by atoms with Gasteiger partial charge in [0.2, 0.25) is 0 Å². The maximum Gasteiger partial charge on any atom is 0.120 e. The van der Waals surface area contributed by atoms with Crippen molar-refractivity contribution in [1.29, 1.82) is 0 Å². The van der Waals surface area contributed by atoms with Gasteiger partial charge in [-0.3, -0.25) is 0 Å². The van der Waals surface area contributed by atoms with Gasteiger partial charge in [0.05, 0.1) is 12.8 Å². The van der Waals surface area contributed by atoms with E-state index >= 15 is 0 Å². The number of nitrogens with zero attached hydrogens (tertiary/aromatic N) is 1. The first-order chi connectivity index (χ1) is 9.86. The van der Waals surface area contributed by atoms with E-state index in [1.807, 2.05) is 24.3 Å². The van der Waals surface area contributed by atoms with E-state index in [4.69, 9.17) is 4.74 Å². The summed E-state index contributed by atoms with van der Waals surface area (Å²) < 4.78 is 7.47. The molecule has 0 spiro atoms. The van der Waals surface area contributed by atoms with Crippen LogP contribution in [-0.2, 0) is 6.42 Å². The maximum atomic E-state index is 5.34. The lowest BCUT2D eigenvalue weighted by Crippen LogP contribution is -1.99. The normalized spacial score (nSPS) is 10.4. The Morgan fingerprint density at radius 3 is 2.35 bits per heavy atom. The van der Waals surface area contributed by atoms with Gasteiger partial charge in [-0.25, -0.2) is 0 Å². The average molecular weight is 263 g/mol. The summed E-state index contributed by atoms with van der Waals surface area (Å²) in [5, 5.41) is 0. The summed E-state index contributed by atoms with van der Waals surface area (Å²) in [7, 11) is 1.70. The lowest BCUT2D eigenvalue weighted by Gasteiger charge is -2.13. The van der Waals surface area contributed by atoms with Gasteiger partial charge in [-0.1, -0.05) is 36.4 Å². The second kappa shape index (κ2) is 5.66. The van der Waals surface area contributed by atoms with Crippen LogP contribution in [0.5, 0.6) is 5.75 Å². The van der Waals surface area contributed by atoms with Gasteiger partial charge in [-0.15, -0.1) is 0 Å². The number of methoxy groups -OCH3 is 1. The number of rotatable bonds is 4. The Morgan fingerprint density at radius 1 is 0.900 bits per heavy atom. The van der Waals surface area contributed by atoms with Crippen molar-refractivity contribution in [3.8, 4) is 11.4 Å². The van der Waals surface area contributed by atoms with Crippen LogP contribution in [0.3, 0.4) is 0 Å². The SMILES string of the molecule is COc1ccc(Cc2ccccc2)c(-n2cccc2)c1. The molecule has 0 aliphatic rings. The van der Waals surface area contributed by atoms with Gasteiger partial charge in [0, 0.05) is 18.5 Å². The lowest BCUT2D eigenvalue weighted by atomic mass is 10.0. The van der Waals surface area contributed by atoms with Gasteiger partial charge >= 0.3 is 0 Å². The fraction of sp³-hybridized carbons (Fsp3) is 0.111. The first-order valence-electron chi connectivity index (χ1n) is 6.71. The van der Waals surface area contributed by atoms with E-state index in [1.165, 1.54) is 16.8 Å². The molecule has 0 aliphatic heterocycles. The fourth-order valence-electron chi connectivity index (χ4n) is 2.37. The first kappa shape index (κ1) is 12.5. The molecule has 1 heterocycles. The van der Waals surface area contributed by atoms with Gasteiger partial charge in [-0.05, 0) is 35.7 Å². The number of hydrogen-bond donors (Lipinski definition) is 0. The molecule has 0 unspecified atom stereocenters. The second-order valence-electron chi connectivity index (χ2n) is 4.75. The molecule has 20 heavy (non-hydrogen) atoms. The fourth-order valence-corrected chi connectivity index (χ4v) is 2.37. The molecule has 0 saturated heterocycles. The molecule has 0 radical (unpaired) electrons. The molecule has 2 heteroatoms. The Kier molecular flexibility index (Phi) is 3.55. The summed E-state index contributed by atoms with van der Waals surface area (Å²) in [5.41, 5.74) is 3.76. The summed E-state index contributed by atoms with van der Waals surface area (Å²) >= 11 is 0. The Labute approximate surface area is 119 Å². The minimum atomic E-state index is 0.880. The lowest BCUT2D eigenvalue weighted by molar-refractivity contribution is 0.414. The Hall–Kier alpha value is -2.48. The van der Waals surface area contributed by atoms with Crippen molar-refractivity contribution in [1.82, 2.24) is 4.57 Å². The van der Waals surface area contributed by atoms with Crippen LogP contribution in [0, 0.1) is 0 Å². The van der Waals surface area contributed by atoms with Crippen molar-refractivity contribution in [2.24, 2.45) is 0 Å². The third-order valence-corrected chi connectivity index (χ3v) is 3.41. The molecule has 0 N–H and O–H groups in total. The molecule has 3 aromatic rings. The molecule has 2 aromatic carbocycles. The predicted octanol–water partition coefficient (Wildman–Crippen LogP) is 4.08. The minimum Gasteiger partial charge on any atom is -0.497 e. The molecule has 0 fully saturated rings. The van der Waals surface area contributed by atoms with Crippen LogP contribution in [0.4, 0.5) is 0 Å². The van der Waals surface area contributed by atoms with Gasteiger partial charge in [0.15, 0.2) is 0 Å². The van der Waals surface area contributed by atoms with Crippen LogP contribution >= 0.6 is 0 Å². The highest BCUT2D eigenvalue weighted by Gasteiger charge is 2.07. The molecule has 3 rings (SSSR count). The van der Waals surface area contributed by atoms with Crippen LogP contribution in [-0.4, -0.2) is 11.7 Å². The van der Waals surface area contributed by atoms with E-state index < -0.39 is 0 Å². The summed E-state index contributed by atoms with van der Waals surface area (Å²) in [6.07, 6.45) is 5.03. The molecular weight excluding hydrogens is 246 g/mol. The maximum absolute atomic E-state index is 5.34. The van der Waals surface area contributed by atoms with Crippen LogP contribution < -0.4 is 4.74 Å². The summed E-state index contributed by atoms with van der Waals surface area (Å²) in [4.78, 5) is 0. The number of ether oxygens (including phenoxy) is 1. The van der Waals surface area contributed by atoms with Gasteiger partial charge < -0.3 is 9.30 Å². The summed E-state index contributed by atoms with van der Waals surface area (Å²) in [5.74, 6) is 0.880. The third-order valence-electron chi connectivity index (χ3n) is 3.41. The molecule has 0 aliphatic carbocycles. The number of aromatic nitrogens is 1. The monoisotopic (exact) mass is 263 g/mol. The van der Waals surface area contributed by atoms with E-state index in [0.29, 0.717) is 0 Å². The van der Waals surface area contributed by atoms with Crippen molar-refractivity contribution in [2.45, 2.75) is 6.42 Å². The second-order valence-corrected chi connectivity index (χ2v) is 4.75.